The molecule has 1 amide bonds. The van der Waals surface area contributed by atoms with Crippen molar-refractivity contribution in [3.05, 3.63) is 65.5 Å². The van der Waals surface area contributed by atoms with Gasteiger partial charge in [0.15, 0.2) is 0 Å². The topological polar surface area (TPSA) is 32.7 Å². The predicted octanol–water partition coefficient (Wildman–Crippen LogP) is 3.72. The molecular weight excluding hydrogens is 324 g/mol. The van der Waals surface area contributed by atoms with E-state index in [1.807, 2.05) is 6.07 Å². The Kier molecular flexibility index (Phi) is 4.09. The largest absolute Gasteiger partial charge is 0.407 e. The van der Waals surface area contributed by atoms with E-state index in [1.165, 1.54) is 11.0 Å². The molecule has 0 radical (unpaired) electrons. The number of benzene rings is 2. The first kappa shape index (κ1) is 16.2. The third kappa shape index (κ3) is 3.29. The Bertz CT molecular complexity index is 800. The van der Waals surface area contributed by atoms with Crippen molar-refractivity contribution in [2.45, 2.75) is 12.7 Å². The normalized spacial score (nSPS) is 15.9. The minimum absolute atomic E-state index is 0.0835. The van der Waals surface area contributed by atoms with Crippen molar-refractivity contribution in [1.82, 2.24) is 0 Å². The van der Waals surface area contributed by atoms with Gasteiger partial charge in [-0.05, 0) is 23.8 Å². The van der Waals surface area contributed by atoms with Crippen LogP contribution >= 0.6 is 0 Å². The first-order valence-corrected chi connectivity index (χ1v) is 7.12. The number of amides is 1. The Hall–Kier alpha value is -2.70. The fraction of sp³-hybridized carbons (Fsp3) is 0.176. The monoisotopic (exact) mass is 336 g/mol. The number of fused-ring (bicyclic) bond motifs is 1. The highest BCUT2D eigenvalue weighted by Gasteiger charge is 2.36. The predicted molar refractivity (Wildman–Crippen MR) is 81.5 cm³/mol. The van der Waals surface area contributed by atoms with E-state index in [9.17, 15) is 22.4 Å². The minimum Gasteiger partial charge on any atom is -0.302 e. The Morgan fingerprint density at radius 2 is 1.75 bits per heavy atom. The molecule has 0 atom stereocenters. The van der Waals surface area contributed by atoms with Gasteiger partial charge in [-0.15, -0.1) is 0 Å². The molecule has 24 heavy (non-hydrogen) atoms. The Labute approximate surface area is 135 Å². The molecule has 0 N–H and O–H groups in total. The van der Waals surface area contributed by atoms with Crippen molar-refractivity contribution in [2.75, 3.05) is 11.4 Å². The van der Waals surface area contributed by atoms with Gasteiger partial charge in [0.1, 0.15) is 18.1 Å². The summed E-state index contributed by atoms with van der Waals surface area (Å²) in [5.74, 6) is -1.30. The van der Waals surface area contributed by atoms with Gasteiger partial charge in [0.05, 0.1) is 12.2 Å². The highest BCUT2D eigenvalue weighted by atomic mass is 19.4. The third-order valence-electron chi connectivity index (χ3n) is 3.55. The maximum Gasteiger partial charge on any atom is 0.407 e. The number of hydrogen-bond acceptors (Lipinski definition) is 2. The minimum atomic E-state index is -4.53. The number of nitrogens with zero attached hydrogens (tertiary/aromatic N) is 2. The van der Waals surface area contributed by atoms with Gasteiger partial charge < -0.3 is 4.90 Å². The van der Waals surface area contributed by atoms with Crippen molar-refractivity contribution in [1.29, 1.82) is 0 Å². The summed E-state index contributed by atoms with van der Waals surface area (Å²) in [5.41, 5.74) is 0.877. The number of halogens is 4. The van der Waals surface area contributed by atoms with Crippen LogP contribution in [0.3, 0.4) is 0 Å². The zero-order valence-electron chi connectivity index (χ0n) is 12.3. The van der Waals surface area contributed by atoms with Crippen molar-refractivity contribution < 1.29 is 22.4 Å². The summed E-state index contributed by atoms with van der Waals surface area (Å²) in [7, 11) is 0. The molecule has 1 aliphatic heterocycles. The number of aliphatic imine (C=N–C) groups is 1. The lowest BCUT2D eigenvalue weighted by Gasteiger charge is -2.16. The molecule has 0 aromatic heterocycles. The maximum atomic E-state index is 13.5. The average Bonchev–Trinajstić information content (AvgIpc) is 2.77. The summed E-state index contributed by atoms with van der Waals surface area (Å²) in [6.07, 6.45) is -4.53. The molecule has 0 unspecified atom stereocenters. The zero-order chi connectivity index (χ0) is 17.3. The third-order valence-corrected chi connectivity index (χ3v) is 3.55. The molecule has 7 heteroatoms. The molecule has 124 valence electrons. The quantitative estimate of drug-likeness (QED) is 0.786. The van der Waals surface area contributed by atoms with Crippen LogP contribution in [0.25, 0.3) is 0 Å². The van der Waals surface area contributed by atoms with Gasteiger partial charge in [0.2, 0.25) is 0 Å². The number of anilines is 1. The second-order valence-electron chi connectivity index (χ2n) is 5.32. The molecule has 2 aromatic carbocycles. The summed E-state index contributed by atoms with van der Waals surface area (Å²) in [5, 5.41) is 0. The molecule has 0 aliphatic carbocycles. The van der Waals surface area contributed by atoms with Gasteiger partial charge in [-0.25, -0.2) is 4.39 Å². The van der Waals surface area contributed by atoms with Crippen molar-refractivity contribution in [2.24, 2.45) is 4.99 Å². The van der Waals surface area contributed by atoms with Gasteiger partial charge in [-0.1, -0.05) is 30.3 Å². The van der Waals surface area contributed by atoms with Crippen LogP contribution in [0, 0.1) is 5.82 Å². The van der Waals surface area contributed by atoms with E-state index in [2.05, 4.69) is 4.99 Å². The van der Waals surface area contributed by atoms with Crippen LogP contribution in [0.5, 0.6) is 0 Å². The lowest BCUT2D eigenvalue weighted by atomic mass is 10.1. The Morgan fingerprint density at radius 3 is 2.42 bits per heavy atom. The summed E-state index contributed by atoms with van der Waals surface area (Å²) < 4.78 is 50.8. The molecule has 0 saturated carbocycles. The van der Waals surface area contributed by atoms with E-state index in [0.29, 0.717) is 5.69 Å². The summed E-state index contributed by atoms with van der Waals surface area (Å²) >= 11 is 0. The number of hydrogen-bond donors (Lipinski definition) is 0. The van der Waals surface area contributed by atoms with Crippen molar-refractivity contribution in [3.63, 3.8) is 0 Å². The van der Waals surface area contributed by atoms with E-state index in [-0.39, 0.29) is 17.8 Å². The van der Waals surface area contributed by atoms with Crippen LogP contribution in [-0.4, -0.2) is 24.3 Å². The molecular formula is C17H12F4N2O. The molecule has 0 fully saturated rings. The number of carbonyl (C=O) groups excluding carboxylic acids is 1. The first-order chi connectivity index (χ1) is 11.3. The SMILES string of the molecule is O=C1C(=NCC(F)(F)F)c2cc(F)ccc2N1Cc1ccccc1. The smallest absolute Gasteiger partial charge is 0.302 e. The molecule has 3 rings (SSSR count). The number of carbonyl (C=O) groups is 1. The van der Waals surface area contributed by atoms with E-state index >= 15 is 0 Å². The van der Waals surface area contributed by atoms with Crippen molar-refractivity contribution in [3.8, 4) is 0 Å². The number of rotatable bonds is 3. The number of alkyl halides is 3. The van der Waals surface area contributed by atoms with Gasteiger partial charge in [0.25, 0.3) is 5.91 Å². The highest BCUT2D eigenvalue weighted by Crippen LogP contribution is 2.32. The Balaban J connectivity index is 1.99. The van der Waals surface area contributed by atoms with E-state index in [4.69, 9.17) is 0 Å². The lowest BCUT2D eigenvalue weighted by Crippen LogP contribution is -2.30. The molecule has 3 nitrogen and oxygen atoms in total. The van der Waals surface area contributed by atoms with Crippen LogP contribution in [0.2, 0.25) is 0 Å². The average molecular weight is 336 g/mol. The van der Waals surface area contributed by atoms with E-state index < -0.39 is 24.4 Å². The van der Waals surface area contributed by atoms with Crippen LogP contribution in [0.15, 0.2) is 53.5 Å². The lowest BCUT2D eigenvalue weighted by molar-refractivity contribution is -0.118. The summed E-state index contributed by atoms with van der Waals surface area (Å²) in [6, 6.07) is 12.6. The zero-order valence-corrected chi connectivity index (χ0v) is 12.3. The standard InChI is InChI=1S/C17H12F4N2O/c18-12-6-7-14-13(8-12)15(22-10-17(19,20)21)16(24)23(14)9-11-4-2-1-3-5-11/h1-8H,9-10H2. The van der Waals surface area contributed by atoms with Crippen LogP contribution in [-0.2, 0) is 11.3 Å². The van der Waals surface area contributed by atoms with Crippen molar-refractivity contribution >= 4 is 17.3 Å². The highest BCUT2D eigenvalue weighted by molar-refractivity contribution is 6.54. The molecule has 0 saturated heterocycles. The summed E-state index contributed by atoms with van der Waals surface area (Å²) in [6.45, 7) is -1.31. The van der Waals surface area contributed by atoms with Gasteiger partial charge >= 0.3 is 6.18 Å². The molecule has 0 bridgehead atoms. The summed E-state index contributed by atoms with van der Waals surface area (Å²) in [4.78, 5) is 17.2. The van der Waals surface area contributed by atoms with Gasteiger partial charge in [-0.3, -0.25) is 9.79 Å². The molecule has 1 heterocycles. The molecule has 2 aromatic rings. The fourth-order valence-corrected chi connectivity index (χ4v) is 2.53. The first-order valence-electron chi connectivity index (χ1n) is 7.12. The second kappa shape index (κ2) is 6.07. The maximum absolute atomic E-state index is 13.5. The molecule has 1 aliphatic rings. The van der Waals surface area contributed by atoms with E-state index in [0.717, 1.165) is 17.7 Å². The Morgan fingerprint density at radius 1 is 1.04 bits per heavy atom. The fourth-order valence-electron chi connectivity index (χ4n) is 2.53. The molecule has 0 spiro atoms. The van der Waals surface area contributed by atoms with Crippen LogP contribution in [0.4, 0.5) is 23.2 Å². The van der Waals surface area contributed by atoms with E-state index in [1.54, 1.807) is 24.3 Å². The second-order valence-corrected chi connectivity index (χ2v) is 5.32. The van der Waals surface area contributed by atoms with Crippen LogP contribution in [0.1, 0.15) is 11.1 Å². The van der Waals surface area contributed by atoms with Gasteiger partial charge in [0, 0.05) is 5.56 Å². The van der Waals surface area contributed by atoms with Crippen LogP contribution < -0.4 is 4.90 Å². The van der Waals surface area contributed by atoms with Gasteiger partial charge in [-0.2, -0.15) is 13.2 Å².